The summed E-state index contributed by atoms with van der Waals surface area (Å²) in [5, 5.41) is 6.34. The third-order valence-electron chi connectivity index (χ3n) is 2.85. The lowest BCUT2D eigenvalue weighted by Gasteiger charge is -2.12. The highest BCUT2D eigenvalue weighted by Gasteiger charge is 2.07. The second-order valence-electron chi connectivity index (χ2n) is 4.43. The summed E-state index contributed by atoms with van der Waals surface area (Å²) in [6.07, 6.45) is 0. The molecule has 0 fully saturated rings. The average Bonchev–Trinajstić information content (AvgIpc) is 2.89. The van der Waals surface area contributed by atoms with Crippen molar-refractivity contribution in [2.24, 2.45) is 0 Å². The van der Waals surface area contributed by atoms with Gasteiger partial charge in [-0.15, -0.1) is 11.3 Å². The van der Waals surface area contributed by atoms with Gasteiger partial charge in [-0.1, -0.05) is 6.92 Å². The molecular weight excluding hydrogens is 272 g/mol. The molecule has 1 aromatic heterocycles. The van der Waals surface area contributed by atoms with E-state index in [1.807, 2.05) is 30.5 Å². The number of thiazole rings is 1. The maximum absolute atomic E-state index is 5.89. The molecule has 0 atom stereocenters. The summed E-state index contributed by atoms with van der Waals surface area (Å²) < 4.78 is 11.1. The zero-order valence-corrected chi connectivity index (χ0v) is 12.9. The van der Waals surface area contributed by atoms with E-state index >= 15 is 0 Å². The number of methoxy groups -OCH3 is 1. The van der Waals surface area contributed by atoms with Crippen molar-refractivity contribution >= 4 is 11.3 Å². The van der Waals surface area contributed by atoms with Crippen LogP contribution in [-0.4, -0.2) is 18.6 Å². The predicted molar refractivity (Wildman–Crippen MR) is 81.6 cm³/mol. The third-order valence-corrected chi connectivity index (χ3v) is 3.79. The van der Waals surface area contributed by atoms with Crippen molar-refractivity contribution in [3.63, 3.8) is 0 Å². The molecule has 0 radical (unpaired) electrons. The van der Waals surface area contributed by atoms with Crippen molar-refractivity contribution in [2.45, 2.75) is 27.0 Å². The molecule has 0 saturated heterocycles. The highest BCUT2D eigenvalue weighted by atomic mass is 32.1. The van der Waals surface area contributed by atoms with Crippen molar-refractivity contribution in [1.82, 2.24) is 10.3 Å². The fourth-order valence-corrected chi connectivity index (χ4v) is 2.51. The Kier molecular flexibility index (Phi) is 5.38. The Morgan fingerprint density at radius 1 is 1.35 bits per heavy atom. The second kappa shape index (κ2) is 7.26. The summed E-state index contributed by atoms with van der Waals surface area (Å²) in [4.78, 5) is 4.40. The maximum Gasteiger partial charge on any atom is 0.140 e. The van der Waals surface area contributed by atoms with Gasteiger partial charge in [0, 0.05) is 23.2 Å². The fraction of sp³-hybridized carbons (Fsp3) is 0.400. The highest BCUT2D eigenvalue weighted by molar-refractivity contribution is 7.09. The van der Waals surface area contributed by atoms with Crippen molar-refractivity contribution in [2.75, 3.05) is 13.7 Å². The summed E-state index contributed by atoms with van der Waals surface area (Å²) >= 11 is 1.62. The number of rotatable bonds is 7. The van der Waals surface area contributed by atoms with Crippen LogP contribution < -0.4 is 14.8 Å². The van der Waals surface area contributed by atoms with E-state index in [1.165, 1.54) is 0 Å². The summed E-state index contributed by atoms with van der Waals surface area (Å²) in [7, 11) is 1.67. The molecule has 0 unspecified atom stereocenters. The molecule has 0 aliphatic rings. The Bertz CT molecular complexity index is 555. The SMILES string of the molecule is CCNCc1cc(OC)ccc1OCc1nc(C)cs1. The molecule has 0 aliphatic heterocycles. The lowest BCUT2D eigenvalue weighted by atomic mass is 10.2. The first kappa shape index (κ1) is 14.8. The number of nitrogens with one attached hydrogen (secondary N) is 1. The van der Waals surface area contributed by atoms with E-state index in [4.69, 9.17) is 9.47 Å². The molecule has 0 amide bonds. The van der Waals surface area contributed by atoms with Crippen molar-refractivity contribution < 1.29 is 9.47 Å². The number of ether oxygens (including phenoxy) is 2. The smallest absolute Gasteiger partial charge is 0.140 e. The Morgan fingerprint density at radius 2 is 2.20 bits per heavy atom. The molecule has 0 aliphatic carbocycles. The number of nitrogens with zero attached hydrogens (tertiary/aromatic N) is 1. The predicted octanol–water partition coefficient (Wildman–Crippen LogP) is 3.15. The van der Waals surface area contributed by atoms with Crippen LogP contribution in [-0.2, 0) is 13.2 Å². The normalized spacial score (nSPS) is 10.6. The van der Waals surface area contributed by atoms with E-state index in [1.54, 1.807) is 18.4 Å². The van der Waals surface area contributed by atoms with Gasteiger partial charge in [0.2, 0.25) is 0 Å². The van der Waals surface area contributed by atoms with Crippen LogP contribution in [0.5, 0.6) is 11.5 Å². The van der Waals surface area contributed by atoms with Gasteiger partial charge in [-0.05, 0) is 31.7 Å². The monoisotopic (exact) mass is 292 g/mol. The first-order chi connectivity index (χ1) is 9.72. The molecule has 20 heavy (non-hydrogen) atoms. The minimum Gasteiger partial charge on any atom is -0.497 e. The Labute approximate surface area is 123 Å². The molecule has 1 heterocycles. The molecule has 0 saturated carbocycles. The van der Waals surface area contributed by atoms with E-state index in [0.717, 1.165) is 40.9 Å². The molecular formula is C15H20N2O2S. The number of benzene rings is 1. The first-order valence-electron chi connectivity index (χ1n) is 6.64. The van der Waals surface area contributed by atoms with Crippen LogP contribution in [0.2, 0.25) is 0 Å². The van der Waals surface area contributed by atoms with Gasteiger partial charge in [0.1, 0.15) is 23.1 Å². The molecule has 108 valence electrons. The molecule has 5 heteroatoms. The van der Waals surface area contributed by atoms with Gasteiger partial charge >= 0.3 is 0 Å². The largest absolute Gasteiger partial charge is 0.497 e. The summed E-state index contributed by atoms with van der Waals surface area (Å²) in [6, 6.07) is 5.87. The Hall–Kier alpha value is -1.59. The minimum atomic E-state index is 0.504. The van der Waals surface area contributed by atoms with E-state index < -0.39 is 0 Å². The van der Waals surface area contributed by atoms with Crippen LogP contribution in [0.1, 0.15) is 23.2 Å². The lowest BCUT2D eigenvalue weighted by Crippen LogP contribution is -2.13. The standard InChI is InChI=1S/C15H20N2O2S/c1-4-16-8-12-7-13(18-3)5-6-14(12)19-9-15-17-11(2)10-20-15/h5-7,10,16H,4,8-9H2,1-3H3. The third kappa shape index (κ3) is 3.95. The number of aryl methyl sites for hydroxylation is 1. The average molecular weight is 292 g/mol. The van der Waals surface area contributed by atoms with Gasteiger partial charge in [-0.2, -0.15) is 0 Å². The minimum absolute atomic E-state index is 0.504. The van der Waals surface area contributed by atoms with Gasteiger partial charge in [-0.3, -0.25) is 0 Å². The summed E-state index contributed by atoms with van der Waals surface area (Å²) in [5.74, 6) is 1.72. The summed E-state index contributed by atoms with van der Waals surface area (Å²) in [6.45, 7) is 6.26. The van der Waals surface area contributed by atoms with Gasteiger partial charge in [-0.25, -0.2) is 4.98 Å². The topological polar surface area (TPSA) is 43.4 Å². The number of aromatic nitrogens is 1. The second-order valence-corrected chi connectivity index (χ2v) is 5.37. The lowest BCUT2D eigenvalue weighted by molar-refractivity contribution is 0.300. The Morgan fingerprint density at radius 3 is 2.85 bits per heavy atom. The van der Waals surface area contributed by atoms with E-state index in [-0.39, 0.29) is 0 Å². The van der Waals surface area contributed by atoms with Crippen LogP contribution >= 0.6 is 11.3 Å². The van der Waals surface area contributed by atoms with Crippen LogP contribution in [0.25, 0.3) is 0 Å². The molecule has 1 aromatic carbocycles. The number of hydrogen-bond donors (Lipinski definition) is 1. The molecule has 0 spiro atoms. The molecule has 1 N–H and O–H groups in total. The van der Waals surface area contributed by atoms with Crippen LogP contribution in [0.3, 0.4) is 0 Å². The molecule has 0 bridgehead atoms. The molecule has 4 nitrogen and oxygen atoms in total. The first-order valence-corrected chi connectivity index (χ1v) is 7.52. The van der Waals surface area contributed by atoms with Gasteiger partial charge < -0.3 is 14.8 Å². The zero-order chi connectivity index (χ0) is 14.4. The van der Waals surface area contributed by atoms with Crippen LogP contribution in [0.4, 0.5) is 0 Å². The van der Waals surface area contributed by atoms with E-state index in [0.29, 0.717) is 6.61 Å². The van der Waals surface area contributed by atoms with Gasteiger partial charge in [0.25, 0.3) is 0 Å². The van der Waals surface area contributed by atoms with Crippen molar-refractivity contribution in [3.05, 3.63) is 39.8 Å². The van der Waals surface area contributed by atoms with Crippen LogP contribution in [0, 0.1) is 6.92 Å². The quantitative estimate of drug-likeness (QED) is 0.851. The Balaban J connectivity index is 2.08. The van der Waals surface area contributed by atoms with Gasteiger partial charge in [0.05, 0.1) is 7.11 Å². The maximum atomic E-state index is 5.89. The highest BCUT2D eigenvalue weighted by Crippen LogP contribution is 2.25. The van der Waals surface area contributed by atoms with Gasteiger partial charge in [0.15, 0.2) is 0 Å². The molecule has 2 rings (SSSR count). The number of hydrogen-bond acceptors (Lipinski definition) is 5. The van der Waals surface area contributed by atoms with Crippen molar-refractivity contribution in [1.29, 1.82) is 0 Å². The van der Waals surface area contributed by atoms with Crippen molar-refractivity contribution in [3.8, 4) is 11.5 Å². The van der Waals surface area contributed by atoms with E-state index in [2.05, 4.69) is 17.2 Å². The summed E-state index contributed by atoms with van der Waals surface area (Å²) in [5.41, 5.74) is 2.13. The zero-order valence-electron chi connectivity index (χ0n) is 12.1. The fourth-order valence-electron chi connectivity index (χ4n) is 1.83. The molecule has 2 aromatic rings. The van der Waals surface area contributed by atoms with E-state index in [9.17, 15) is 0 Å². The van der Waals surface area contributed by atoms with Crippen LogP contribution in [0.15, 0.2) is 23.6 Å².